The van der Waals surface area contributed by atoms with Crippen molar-refractivity contribution in [2.24, 2.45) is 0 Å². The van der Waals surface area contributed by atoms with Gasteiger partial charge in [-0.2, -0.15) is 0 Å². The van der Waals surface area contributed by atoms with Crippen molar-refractivity contribution in [1.29, 1.82) is 0 Å². The number of benzene rings is 2. The van der Waals surface area contributed by atoms with Crippen LogP contribution in [-0.4, -0.2) is 72.9 Å². The van der Waals surface area contributed by atoms with E-state index in [1.165, 1.54) is 64.2 Å². The van der Waals surface area contributed by atoms with Crippen LogP contribution >= 0.6 is 23.2 Å². The van der Waals surface area contributed by atoms with Crippen LogP contribution in [0.3, 0.4) is 0 Å². The highest BCUT2D eigenvalue weighted by Gasteiger charge is 2.22. The van der Waals surface area contributed by atoms with Gasteiger partial charge in [-0.25, -0.2) is 4.79 Å². The van der Waals surface area contributed by atoms with Crippen LogP contribution in [0.2, 0.25) is 10.0 Å². The molecule has 10 heteroatoms. The lowest BCUT2D eigenvalue weighted by Crippen LogP contribution is -2.46. The Balaban J connectivity index is 1.27. The molecule has 0 aliphatic carbocycles. The highest BCUT2D eigenvalue weighted by atomic mass is 35.5. The number of fused-ring (bicyclic) bond motifs is 1. The number of anilines is 1. The summed E-state index contributed by atoms with van der Waals surface area (Å²) in [6.07, 6.45) is 17.5. The Morgan fingerprint density at radius 3 is 2.02 bits per heavy atom. The summed E-state index contributed by atoms with van der Waals surface area (Å²) in [4.78, 5) is 33.5. The molecule has 300 valence electrons. The second-order valence-electron chi connectivity index (χ2n) is 14.9. The summed E-state index contributed by atoms with van der Waals surface area (Å²) in [5.41, 5.74) is 1.50. The van der Waals surface area contributed by atoms with Crippen LogP contribution in [-0.2, 0) is 4.74 Å². The maximum absolute atomic E-state index is 13.6. The van der Waals surface area contributed by atoms with E-state index in [1.54, 1.807) is 17.6 Å². The molecule has 0 N–H and O–H groups in total. The minimum Gasteiger partial charge on any atom is -0.494 e. The van der Waals surface area contributed by atoms with Gasteiger partial charge < -0.3 is 19.3 Å². The maximum atomic E-state index is 13.6. The van der Waals surface area contributed by atoms with Gasteiger partial charge in [0, 0.05) is 51.4 Å². The van der Waals surface area contributed by atoms with E-state index in [0.29, 0.717) is 41.0 Å². The summed E-state index contributed by atoms with van der Waals surface area (Å²) < 4.78 is 13.8. The number of piperazine rings is 1. The van der Waals surface area contributed by atoms with E-state index in [0.717, 1.165) is 82.3 Å². The monoisotopic (exact) mass is 784 g/mol. The average Bonchev–Trinajstić information content (AvgIpc) is 3.17. The number of halogens is 2. The fourth-order valence-corrected chi connectivity index (χ4v) is 7.78. The van der Waals surface area contributed by atoms with Gasteiger partial charge in [-0.15, -0.1) is 0 Å². The van der Waals surface area contributed by atoms with Crippen molar-refractivity contribution in [3.05, 3.63) is 68.9 Å². The van der Waals surface area contributed by atoms with Crippen molar-refractivity contribution in [3.63, 3.8) is 0 Å². The lowest BCUT2D eigenvalue weighted by atomic mass is 10.1. The quantitative estimate of drug-likeness (QED) is 0.0797. The number of nitrogens with zero attached hydrogens (tertiary/aromatic N) is 4. The molecular formula is C44H66Cl2N4O4. The number of hydrogen-bond donors (Lipinski definition) is 0. The topological polar surface area (TPSA) is 67.2 Å². The third kappa shape index (κ3) is 14.3. The average molecular weight is 786 g/mol. The van der Waals surface area contributed by atoms with Crippen LogP contribution in [0.15, 0.2) is 53.3 Å². The highest BCUT2D eigenvalue weighted by Crippen LogP contribution is 2.33. The van der Waals surface area contributed by atoms with E-state index in [-0.39, 0.29) is 11.7 Å². The maximum Gasteiger partial charge on any atom is 0.411 e. The first-order valence-corrected chi connectivity index (χ1v) is 21.7. The van der Waals surface area contributed by atoms with Gasteiger partial charge in [-0.05, 0) is 74.9 Å². The molecule has 1 aromatic heterocycles. The zero-order valence-corrected chi connectivity index (χ0v) is 34.9. The summed E-state index contributed by atoms with van der Waals surface area (Å²) in [7, 11) is 0. The number of carbonyl (C=O) groups is 1. The van der Waals surface area contributed by atoms with Crippen LogP contribution in [0, 0.1) is 0 Å². The Bertz CT molecular complexity index is 1570. The number of amides is 1. The van der Waals surface area contributed by atoms with Crippen LogP contribution in [0.1, 0.15) is 130 Å². The molecule has 1 aliphatic heterocycles. The first-order chi connectivity index (χ1) is 26.3. The van der Waals surface area contributed by atoms with Crippen molar-refractivity contribution in [2.45, 2.75) is 130 Å². The molecule has 0 saturated carbocycles. The van der Waals surface area contributed by atoms with Crippen molar-refractivity contribution in [3.8, 4) is 5.75 Å². The number of ether oxygens (including phenoxy) is 2. The zero-order chi connectivity index (χ0) is 38.5. The second kappa shape index (κ2) is 24.5. The fraction of sp³-hybridized carbons (Fsp3) is 0.636. The van der Waals surface area contributed by atoms with Gasteiger partial charge in [-0.1, -0.05) is 120 Å². The van der Waals surface area contributed by atoms with Crippen LogP contribution in [0.4, 0.5) is 10.5 Å². The molecule has 1 unspecified atom stereocenters. The van der Waals surface area contributed by atoms with E-state index in [1.807, 2.05) is 47.4 Å². The van der Waals surface area contributed by atoms with E-state index < -0.39 is 6.23 Å². The molecule has 54 heavy (non-hydrogen) atoms. The Morgan fingerprint density at radius 2 is 1.37 bits per heavy atom. The summed E-state index contributed by atoms with van der Waals surface area (Å²) in [6, 6.07) is 15.0. The standard InChI is InChI=1S/C44H66Cl2N4O4/c1-4-6-8-10-12-14-16-28-49(29-17-15-13-11-9-7-5-2)44(52)54-36(3)50-41-35-38(25-23-37(41)24-26-42(50)51)53-34-19-18-27-47-30-32-48(33-31-47)40-22-20-21-39(45)43(40)46/h20-26,35-36H,4-19,27-34H2,1-3H3. The normalized spacial score (nSPS) is 14.1. The molecule has 0 radical (unpaired) electrons. The van der Waals surface area contributed by atoms with E-state index in [9.17, 15) is 9.59 Å². The van der Waals surface area contributed by atoms with Gasteiger partial charge in [0.1, 0.15) is 5.75 Å². The van der Waals surface area contributed by atoms with Crippen molar-refractivity contribution in [1.82, 2.24) is 14.4 Å². The predicted molar refractivity (Wildman–Crippen MR) is 227 cm³/mol. The predicted octanol–water partition coefficient (Wildman–Crippen LogP) is 11.7. The molecular weight excluding hydrogens is 719 g/mol. The first kappa shape index (κ1) is 43.8. The molecule has 2 heterocycles. The minimum atomic E-state index is -0.759. The largest absolute Gasteiger partial charge is 0.494 e. The van der Waals surface area contributed by atoms with E-state index in [2.05, 4.69) is 23.6 Å². The third-order valence-electron chi connectivity index (χ3n) is 10.6. The van der Waals surface area contributed by atoms with Crippen molar-refractivity contribution < 1.29 is 14.3 Å². The summed E-state index contributed by atoms with van der Waals surface area (Å²) >= 11 is 12.7. The lowest BCUT2D eigenvalue weighted by Gasteiger charge is -2.36. The number of hydrogen-bond acceptors (Lipinski definition) is 6. The van der Waals surface area contributed by atoms with Crippen LogP contribution in [0.25, 0.3) is 10.9 Å². The number of pyridine rings is 1. The molecule has 2 aromatic carbocycles. The zero-order valence-electron chi connectivity index (χ0n) is 33.3. The summed E-state index contributed by atoms with van der Waals surface area (Å²) in [6.45, 7) is 13.0. The summed E-state index contributed by atoms with van der Waals surface area (Å²) in [5, 5.41) is 2.11. The SMILES string of the molecule is CCCCCCCCCN(CCCCCCCCC)C(=O)OC(C)n1c(=O)ccc2ccc(OCCCCN3CCN(c4cccc(Cl)c4Cl)CC3)cc21. The van der Waals surface area contributed by atoms with Crippen molar-refractivity contribution in [2.75, 3.05) is 57.3 Å². The number of aromatic nitrogens is 1. The van der Waals surface area contributed by atoms with Crippen LogP contribution < -0.4 is 15.2 Å². The summed E-state index contributed by atoms with van der Waals surface area (Å²) in [5.74, 6) is 0.701. The molecule has 1 fully saturated rings. The van der Waals surface area contributed by atoms with Gasteiger partial charge in [0.05, 0.1) is 27.9 Å². The number of unbranched alkanes of at least 4 members (excludes halogenated alkanes) is 13. The molecule has 0 spiro atoms. The van der Waals surface area contributed by atoms with Gasteiger partial charge in [0.2, 0.25) is 0 Å². The fourth-order valence-electron chi connectivity index (χ4n) is 7.36. The Labute approximate surface area is 335 Å². The molecule has 0 bridgehead atoms. The highest BCUT2D eigenvalue weighted by molar-refractivity contribution is 6.43. The molecule has 1 saturated heterocycles. The molecule has 8 nitrogen and oxygen atoms in total. The number of carbonyl (C=O) groups excluding carboxylic acids is 1. The number of rotatable bonds is 25. The van der Waals surface area contributed by atoms with E-state index in [4.69, 9.17) is 32.7 Å². The Kier molecular flexibility index (Phi) is 19.9. The third-order valence-corrected chi connectivity index (χ3v) is 11.5. The van der Waals surface area contributed by atoms with Gasteiger partial charge in [0.15, 0.2) is 6.23 Å². The van der Waals surface area contributed by atoms with E-state index >= 15 is 0 Å². The Morgan fingerprint density at radius 1 is 0.759 bits per heavy atom. The van der Waals surface area contributed by atoms with Gasteiger partial charge in [-0.3, -0.25) is 14.3 Å². The molecule has 3 aromatic rings. The molecule has 4 rings (SSSR count). The van der Waals surface area contributed by atoms with Crippen LogP contribution in [0.5, 0.6) is 5.75 Å². The minimum absolute atomic E-state index is 0.205. The van der Waals surface area contributed by atoms with Crippen molar-refractivity contribution >= 4 is 45.9 Å². The van der Waals surface area contributed by atoms with Gasteiger partial charge >= 0.3 is 6.09 Å². The first-order valence-electron chi connectivity index (χ1n) is 21.0. The lowest BCUT2D eigenvalue weighted by molar-refractivity contribution is 0.0380. The molecule has 1 aliphatic rings. The van der Waals surface area contributed by atoms with Gasteiger partial charge in [0.25, 0.3) is 5.56 Å². The Hall–Kier alpha value is -2.94. The smallest absolute Gasteiger partial charge is 0.411 e. The second-order valence-corrected chi connectivity index (χ2v) is 15.7. The molecule has 1 atom stereocenters. The molecule has 1 amide bonds.